The van der Waals surface area contributed by atoms with Crippen LogP contribution in [0.15, 0.2) is 46.6 Å². The Hall–Kier alpha value is -2.08. The van der Waals surface area contributed by atoms with E-state index in [1.807, 2.05) is 13.8 Å². The molecule has 1 unspecified atom stereocenters. The number of hydrogen-bond donors (Lipinski definition) is 1. The first kappa shape index (κ1) is 18.7. The molecule has 1 aliphatic rings. The molecule has 0 bridgehead atoms. The Labute approximate surface area is 159 Å². The van der Waals surface area contributed by atoms with Crippen LogP contribution in [0.2, 0.25) is 0 Å². The van der Waals surface area contributed by atoms with Gasteiger partial charge in [-0.25, -0.2) is 9.97 Å². The average Bonchev–Trinajstić information content (AvgIpc) is 2.64. The van der Waals surface area contributed by atoms with Crippen LogP contribution < -0.4 is 10.2 Å². The van der Waals surface area contributed by atoms with Crippen molar-refractivity contribution in [3.05, 3.63) is 42.2 Å². The maximum Gasteiger partial charge on any atom is 0.225 e. The molecule has 0 spiro atoms. The molecule has 6 heteroatoms. The SMILES string of the molecule is Cc1ccc(Sc2nccnc2N2CCCC(C(=O)NC(C)C)C2)cc1. The molecular formula is C20H26N4OS. The highest BCUT2D eigenvalue weighted by molar-refractivity contribution is 7.99. The molecule has 0 radical (unpaired) electrons. The van der Waals surface area contributed by atoms with Crippen LogP contribution in [0.4, 0.5) is 5.82 Å². The lowest BCUT2D eigenvalue weighted by molar-refractivity contribution is -0.125. The van der Waals surface area contributed by atoms with E-state index < -0.39 is 0 Å². The minimum atomic E-state index is 0.00498. The first-order valence-electron chi connectivity index (χ1n) is 9.14. The van der Waals surface area contributed by atoms with Crippen LogP contribution in [0.25, 0.3) is 0 Å². The van der Waals surface area contributed by atoms with Gasteiger partial charge in [0.1, 0.15) is 5.03 Å². The van der Waals surface area contributed by atoms with Crippen molar-refractivity contribution in [3.63, 3.8) is 0 Å². The van der Waals surface area contributed by atoms with Crippen LogP contribution in [-0.4, -0.2) is 35.0 Å². The lowest BCUT2D eigenvalue weighted by atomic mass is 9.97. The number of benzene rings is 1. The molecule has 0 saturated carbocycles. The Bertz CT molecular complexity index is 748. The molecule has 5 nitrogen and oxygen atoms in total. The summed E-state index contributed by atoms with van der Waals surface area (Å²) >= 11 is 1.62. The van der Waals surface area contributed by atoms with Crippen molar-refractivity contribution in [1.29, 1.82) is 0 Å². The molecule has 1 aliphatic heterocycles. The van der Waals surface area contributed by atoms with Gasteiger partial charge < -0.3 is 10.2 Å². The summed E-state index contributed by atoms with van der Waals surface area (Å²) in [5, 5.41) is 3.93. The second kappa shape index (κ2) is 8.54. The van der Waals surface area contributed by atoms with Gasteiger partial charge in [0, 0.05) is 36.4 Å². The van der Waals surface area contributed by atoms with Crippen LogP contribution in [0.5, 0.6) is 0 Å². The van der Waals surface area contributed by atoms with Crippen LogP contribution in [0.1, 0.15) is 32.3 Å². The molecule has 1 fully saturated rings. The Morgan fingerprint density at radius 1 is 1.23 bits per heavy atom. The van der Waals surface area contributed by atoms with Gasteiger partial charge in [-0.3, -0.25) is 4.79 Å². The van der Waals surface area contributed by atoms with E-state index in [1.54, 1.807) is 24.2 Å². The molecule has 1 amide bonds. The lowest BCUT2D eigenvalue weighted by Crippen LogP contribution is -2.45. The van der Waals surface area contributed by atoms with Crippen LogP contribution in [0, 0.1) is 12.8 Å². The van der Waals surface area contributed by atoms with E-state index >= 15 is 0 Å². The number of anilines is 1. The second-order valence-corrected chi connectivity index (χ2v) is 8.11. The third kappa shape index (κ3) is 4.75. The maximum atomic E-state index is 12.4. The van der Waals surface area contributed by atoms with Crippen molar-refractivity contribution < 1.29 is 4.79 Å². The molecule has 3 rings (SSSR count). The van der Waals surface area contributed by atoms with E-state index in [2.05, 4.69) is 51.4 Å². The molecule has 1 aromatic heterocycles. The quantitative estimate of drug-likeness (QED) is 0.870. The van der Waals surface area contributed by atoms with Crippen molar-refractivity contribution in [2.24, 2.45) is 5.92 Å². The summed E-state index contributed by atoms with van der Waals surface area (Å²) < 4.78 is 0. The van der Waals surface area contributed by atoms with Gasteiger partial charge in [0.15, 0.2) is 5.82 Å². The third-order valence-corrected chi connectivity index (χ3v) is 5.39. The minimum absolute atomic E-state index is 0.00498. The highest BCUT2D eigenvalue weighted by Gasteiger charge is 2.28. The van der Waals surface area contributed by atoms with Crippen LogP contribution >= 0.6 is 11.8 Å². The molecular weight excluding hydrogens is 344 g/mol. The van der Waals surface area contributed by atoms with Gasteiger partial charge in [0.2, 0.25) is 5.91 Å². The van der Waals surface area contributed by atoms with Gasteiger partial charge >= 0.3 is 0 Å². The summed E-state index contributed by atoms with van der Waals surface area (Å²) in [6, 6.07) is 8.58. The number of hydrogen-bond acceptors (Lipinski definition) is 5. The number of nitrogens with one attached hydrogen (secondary N) is 1. The number of piperidine rings is 1. The largest absolute Gasteiger partial charge is 0.354 e. The van der Waals surface area contributed by atoms with E-state index in [0.717, 1.165) is 35.1 Å². The van der Waals surface area contributed by atoms with Crippen molar-refractivity contribution in [2.75, 3.05) is 18.0 Å². The molecule has 1 atom stereocenters. The smallest absolute Gasteiger partial charge is 0.225 e. The predicted molar refractivity (Wildman–Crippen MR) is 106 cm³/mol. The highest BCUT2D eigenvalue weighted by atomic mass is 32.2. The monoisotopic (exact) mass is 370 g/mol. The fraction of sp³-hybridized carbons (Fsp3) is 0.450. The summed E-state index contributed by atoms with van der Waals surface area (Å²) in [5.41, 5.74) is 1.24. The van der Waals surface area contributed by atoms with Gasteiger partial charge in [-0.2, -0.15) is 0 Å². The molecule has 0 aliphatic carbocycles. The van der Waals surface area contributed by atoms with E-state index in [1.165, 1.54) is 5.56 Å². The zero-order valence-corrected chi connectivity index (χ0v) is 16.4. The topological polar surface area (TPSA) is 58.1 Å². The Balaban J connectivity index is 1.76. The summed E-state index contributed by atoms with van der Waals surface area (Å²) in [4.78, 5) is 24.9. The molecule has 2 aromatic rings. The van der Waals surface area contributed by atoms with Crippen LogP contribution in [0.3, 0.4) is 0 Å². The summed E-state index contributed by atoms with van der Waals surface area (Å²) in [6.45, 7) is 7.68. The van der Waals surface area contributed by atoms with Crippen molar-refractivity contribution in [3.8, 4) is 0 Å². The minimum Gasteiger partial charge on any atom is -0.354 e. The lowest BCUT2D eigenvalue weighted by Gasteiger charge is -2.33. The Morgan fingerprint density at radius 3 is 2.69 bits per heavy atom. The number of carbonyl (C=O) groups is 1. The molecule has 138 valence electrons. The van der Waals surface area contributed by atoms with Crippen molar-refractivity contribution >= 4 is 23.5 Å². The first-order chi connectivity index (χ1) is 12.5. The first-order valence-corrected chi connectivity index (χ1v) is 9.95. The summed E-state index contributed by atoms with van der Waals surface area (Å²) in [5.74, 6) is 1.02. The maximum absolute atomic E-state index is 12.4. The molecule has 1 N–H and O–H groups in total. The fourth-order valence-electron chi connectivity index (χ4n) is 3.11. The zero-order valence-electron chi connectivity index (χ0n) is 15.6. The van der Waals surface area contributed by atoms with Crippen LogP contribution in [-0.2, 0) is 4.79 Å². The third-order valence-electron chi connectivity index (χ3n) is 4.40. The molecule has 1 aromatic carbocycles. The number of amides is 1. The average molecular weight is 371 g/mol. The van der Waals surface area contributed by atoms with E-state index in [0.29, 0.717) is 6.54 Å². The Morgan fingerprint density at radius 2 is 1.96 bits per heavy atom. The normalized spacial score (nSPS) is 17.4. The number of nitrogens with zero attached hydrogens (tertiary/aromatic N) is 3. The molecule has 26 heavy (non-hydrogen) atoms. The summed E-state index contributed by atoms with van der Waals surface area (Å²) in [7, 11) is 0. The number of aryl methyl sites for hydroxylation is 1. The van der Waals surface area contributed by atoms with Crippen molar-refractivity contribution in [1.82, 2.24) is 15.3 Å². The van der Waals surface area contributed by atoms with Gasteiger partial charge in [-0.1, -0.05) is 29.5 Å². The van der Waals surface area contributed by atoms with Gasteiger partial charge in [0.05, 0.1) is 5.92 Å². The molecule has 2 heterocycles. The number of aromatic nitrogens is 2. The Kier molecular flexibility index (Phi) is 6.14. The highest BCUT2D eigenvalue weighted by Crippen LogP contribution is 2.34. The number of rotatable bonds is 5. The zero-order chi connectivity index (χ0) is 18.5. The van der Waals surface area contributed by atoms with E-state index in [9.17, 15) is 4.79 Å². The van der Waals surface area contributed by atoms with Crippen molar-refractivity contribution in [2.45, 2.75) is 49.6 Å². The summed E-state index contributed by atoms with van der Waals surface area (Å²) in [6.07, 6.45) is 5.37. The standard InChI is InChI=1S/C20H26N4OS/c1-14(2)23-19(25)16-5-4-12-24(13-16)18-20(22-11-10-21-18)26-17-8-6-15(3)7-9-17/h6-11,14,16H,4-5,12-13H2,1-3H3,(H,23,25). The predicted octanol–water partition coefficient (Wildman–Crippen LogP) is 3.68. The molecule has 1 saturated heterocycles. The fourth-order valence-corrected chi connectivity index (χ4v) is 3.99. The van der Waals surface area contributed by atoms with Gasteiger partial charge in [0.25, 0.3) is 0 Å². The van der Waals surface area contributed by atoms with E-state index in [4.69, 9.17) is 0 Å². The van der Waals surface area contributed by atoms with E-state index in [-0.39, 0.29) is 17.9 Å². The number of carbonyl (C=O) groups excluding carboxylic acids is 1. The van der Waals surface area contributed by atoms with Gasteiger partial charge in [-0.05, 0) is 45.7 Å². The van der Waals surface area contributed by atoms with Gasteiger partial charge in [-0.15, -0.1) is 0 Å². The second-order valence-electron chi connectivity index (χ2n) is 7.05.